The van der Waals surface area contributed by atoms with E-state index < -0.39 is 17.8 Å². The molecule has 2 atom stereocenters. The Balaban J connectivity index is 1.22. The van der Waals surface area contributed by atoms with Gasteiger partial charge >= 0.3 is 0 Å². The molecule has 0 amide bonds. The number of fused-ring (bicyclic) bond motifs is 2. The van der Waals surface area contributed by atoms with Crippen LogP contribution in [0.1, 0.15) is 42.6 Å². The second kappa shape index (κ2) is 7.72. The molecule has 3 aliphatic rings. The lowest BCUT2D eigenvalue weighted by molar-refractivity contribution is -0.0589. The van der Waals surface area contributed by atoms with Crippen LogP contribution in [0.3, 0.4) is 0 Å². The van der Waals surface area contributed by atoms with E-state index in [0.29, 0.717) is 49.0 Å². The molecule has 0 aliphatic carbocycles. The van der Waals surface area contributed by atoms with Crippen LogP contribution in [0.15, 0.2) is 36.4 Å². The number of piperidine rings is 1. The van der Waals surface area contributed by atoms with Gasteiger partial charge in [-0.15, -0.1) is 0 Å². The summed E-state index contributed by atoms with van der Waals surface area (Å²) in [4.78, 5) is 2.21. The zero-order valence-electron chi connectivity index (χ0n) is 16.7. The Morgan fingerprint density at radius 2 is 1.77 bits per heavy atom. The molecule has 160 valence electrons. The van der Waals surface area contributed by atoms with Crippen molar-refractivity contribution in [2.45, 2.75) is 37.1 Å². The minimum Gasteiger partial charge on any atom is -0.487 e. The highest BCUT2D eigenvalue weighted by Gasteiger charge is 2.43. The average molecular weight is 415 g/mol. The number of β-amino-alcohol motifs (C(OH)–C–C–N with tert-alkyl or cyclic N) is 1. The summed E-state index contributed by atoms with van der Waals surface area (Å²) < 4.78 is 30.9. The number of likely N-dealkylation sites (tertiary alicyclic amines) is 1. The summed E-state index contributed by atoms with van der Waals surface area (Å²) in [5.41, 5.74) is 0.889. The van der Waals surface area contributed by atoms with Gasteiger partial charge in [0.1, 0.15) is 30.4 Å². The number of rotatable bonds is 3. The van der Waals surface area contributed by atoms with Crippen molar-refractivity contribution in [1.82, 2.24) is 4.90 Å². The Labute approximate surface area is 174 Å². The molecule has 30 heavy (non-hydrogen) atoms. The van der Waals surface area contributed by atoms with Crippen LogP contribution in [0.2, 0.25) is 0 Å². The third-order valence-corrected chi connectivity index (χ3v) is 6.37. The molecule has 1 saturated heterocycles. The maximum absolute atomic E-state index is 13.5. The summed E-state index contributed by atoms with van der Waals surface area (Å²) in [6.45, 7) is 3.08. The third kappa shape index (κ3) is 3.73. The van der Waals surface area contributed by atoms with Gasteiger partial charge in [-0.05, 0) is 48.7 Å². The van der Waals surface area contributed by atoms with Gasteiger partial charge in [-0.3, -0.25) is 0 Å². The van der Waals surface area contributed by atoms with Crippen LogP contribution in [-0.4, -0.2) is 53.6 Å². The first-order valence-electron chi connectivity index (χ1n) is 10.5. The van der Waals surface area contributed by atoms with Crippen LogP contribution in [0.4, 0.5) is 4.39 Å². The van der Waals surface area contributed by atoms with Crippen LogP contribution >= 0.6 is 0 Å². The first-order valence-corrected chi connectivity index (χ1v) is 10.5. The Morgan fingerprint density at radius 1 is 1.03 bits per heavy atom. The van der Waals surface area contributed by atoms with E-state index in [1.807, 2.05) is 18.2 Å². The van der Waals surface area contributed by atoms with Crippen molar-refractivity contribution in [2.24, 2.45) is 0 Å². The smallest absolute Gasteiger partial charge is 0.161 e. The van der Waals surface area contributed by atoms with E-state index in [0.717, 1.165) is 31.5 Å². The molecule has 3 aliphatic heterocycles. The molecule has 2 N–H and O–H groups in total. The van der Waals surface area contributed by atoms with Crippen molar-refractivity contribution in [3.8, 4) is 17.2 Å². The molecule has 5 rings (SSSR count). The number of aliphatic hydroxyl groups is 2. The Kier molecular flexibility index (Phi) is 5.05. The van der Waals surface area contributed by atoms with Crippen LogP contribution in [0.5, 0.6) is 17.2 Å². The van der Waals surface area contributed by atoms with Gasteiger partial charge in [0.15, 0.2) is 11.5 Å². The monoisotopic (exact) mass is 415 g/mol. The van der Waals surface area contributed by atoms with Gasteiger partial charge < -0.3 is 29.3 Å². The minimum absolute atomic E-state index is 0.365. The van der Waals surface area contributed by atoms with Gasteiger partial charge in [0, 0.05) is 31.6 Å². The highest BCUT2D eigenvalue weighted by atomic mass is 19.1. The van der Waals surface area contributed by atoms with Crippen molar-refractivity contribution < 1.29 is 28.8 Å². The number of nitrogens with zero attached hydrogens (tertiary/aromatic N) is 1. The molecule has 0 aromatic heterocycles. The van der Waals surface area contributed by atoms with Gasteiger partial charge in [-0.1, -0.05) is 6.07 Å². The lowest BCUT2D eigenvalue weighted by atomic mass is 9.81. The first kappa shape index (κ1) is 19.6. The molecule has 7 heteroatoms. The van der Waals surface area contributed by atoms with Crippen molar-refractivity contribution in [3.05, 3.63) is 53.3 Å². The molecule has 6 nitrogen and oxygen atoms in total. The van der Waals surface area contributed by atoms with E-state index in [9.17, 15) is 14.6 Å². The number of ether oxygens (including phenoxy) is 3. The molecule has 0 radical (unpaired) electrons. The largest absolute Gasteiger partial charge is 0.487 e. The fraction of sp³-hybridized carbons (Fsp3) is 0.478. The third-order valence-electron chi connectivity index (χ3n) is 6.37. The maximum Gasteiger partial charge on any atom is 0.161 e. The quantitative estimate of drug-likeness (QED) is 0.803. The predicted molar refractivity (Wildman–Crippen MR) is 107 cm³/mol. The molecule has 2 aromatic carbocycles. The number of hydrogen-bond donors (Lipinski definition) is 2. The fourth-order valence-electron chi connectivity index (χ4n) is 4.68. The highest BCUT2D eigenvalue weighted by Crippen LogP contribution is 2.44. The Bertz CT molecular complexity index is 928. The SMILES string of the molecule is O[C@@H]1CC2(CCN(C[C@H](O)c3ccc4c(c3)OCCO4)CC2)Oc2ccc(F)cc21. The molecule has 0 unspecified atom stereocenters. The summed E-state index contributed by atoms with van der Waals surface area (Å²) in [5.74, 6) is 1.59. The lowest BCUT2D eigenvalue weighted by Crippen LogP contribution is -2.51. The van der Waals surface area contributed by atoms with E-state index in [2.05, 4.69) is 4.90 Å². The van der Waals surface area contributed by atoms with Gasteiger partial charge in [0.2, 0.25) is 0 Å². The van der Waals surface area contributed by atoms with Crippen molar-refractivity contribution in [3.63, 3.8) is 0 Å². The fourth-order valence-corrected chi connectivity index (χ4v) is 4.68. The van der Waals surface area contributed by atoms with E-state index >= 15 is 0 Å². The summed E-state index contributed by atoms with van der Waals surface area (Å²) in [7, 11) is 0. The van der Waals surface area contributed by atoms with Gasteiger partial charge in [0.25, 0.3) is 0 Å². The summed E-state index contributed by atoms with van der Waals surface area (Å²) >= 11 is 0. The molecular weight excluding hydrogens is 389 g/mol. The molecule has 3 heterocycles. The average Bonchev–Trinajstić information content (AvgIpc) is 2.76. The van der Waals surface area contributed by atoms with Crippen LogP contribution < -0.4 is 14.2 Å². The minimum atomic E-state index is -0.723. The second-order valence-corrected chi connectivity index (χ2v) is 8.41. The van der Waals surface area contributed by atoms with E-state index in [4.69, 9.17) is 14.2 Å². The van der Waals surface area contributed by atoms with E-state index in [1.54, 1.807) is 6.07 Å². The molecule has 0 saturated carbocycles. The zero-order valence-corrected chi connectivity index (χ0v) is 16.7. The number of halogens is 1. The molecule has 2 aromatic rings. The van der Waals surface area contributed by atoms with E-state index in [-0.39, 0.29) is 5.82 Å². The molecular formula is C23H26FNO5. The van der Waals surface area contributed by atoms with Crippen molar-refractivity contribution in [2.75, 3.05) is 32.8 Å². The van der Waals surface area contributed by atoms with Crippen LogP contribution in [0, 0.1) is 5.82 Å². The first-order chi connectivity index (χ1) is 14.5. The topological polar surface area (TPSA) is 71.4 Å². The maximum atomic E-state index is 13.5. The zero-order chi connectivity index (χ0) is 20.7. The van der Waals surface area contributed by atoms with Gasteiger partial charge in [-0.25, -0.2) is 4.39 Å². The van der Waals surface area contributed by atoms with Crippen LogP contribution in [-0.2, 0) is 0 Å². The number of hydrogen-bond acceptors (Lipinski definition) is 6. The summed E-state index contributed by atoms with van der Waals surface area (Å²) in [6, 6.07) is 9.89. The molecule has 0 bridgehead atoms. The van der Waals surface area contributed by atoms with Gasteiger partial charge in [0.05, 0.1) is 12.2 Å². The molecule has 1 spiro atoms. The predicted octanol–water partition coefficient (Wildman–Crippen LogP) is 2.98. The van der Waals surface area contributed by atoms with E-state index in [1.165, 1.54) is 12.1 Å². The van der Waals surface area contributed by atoms with Crippen LogP contribution in [0.25, 0.3) is 0 Å². The van der Waals surface area contributed by atoms with Crippen molar-refractivity contribution in [1.29, 1.82) is 0 Å². The number of benzene rings is 2. The highest BCUT2D eigenvalue weighted by molar-refractivity contribution is 5.44. The number of aliphatic hydroxyl groups excluding tert-OH is 2. The summed E-state index contributed by atoms with van der Waals surface area (Å²) in [5, 5.41) is 21.3. The summed E-state index contributed by atoms with van der Waals surface area (Å²) in [6.07, 6.45) is 0.599. The molecule has 1 fully saturated rings. The standard InChI is InChI=1S/C23H26FNO5/c24-16-2-4-20-17(12-16)18(26)13-23(30-20)5-7-25(8-6-23)14-19(27)15-1-3-21-22(11-15)29-10-9-28-21/h1-4,11-12,18-19,26-27H,5-10,13-14H2/t18-,19+/m1/s1. The second-order valence-electron chi connectivity index (χ2n) is 8.41. The Morgan fingerprint density at radius 3 is 2.57 bits per heavy atom. The van der Waals surface area contributed by atoms with Gasteiger partial charge in [-0.2, -0.15) is 0 Å². The normalized spacial score (nSPS) is 23.5. The Hall–Kier alpha value is -2.35. The van der Waals surface area contributed by atoms with Crippen molar-refractivity contribution >= 4 is 0 Å². The lowest BCUT2D eigenvalue weighted by Gasteiger charge is -2.46.